The van der Waals surface area contributed by atoms with Crippen molar-refractivity contribution in [3.8, 4) is 0 Å². The Hall–Kier alpha value is -2.88. The lowest BCUT2D eigenvalue weighted by molar-refractivity contribution is -0.174. The predicted molar refractivity (Wildman–Crippen MR) is 116 cm³/mol. The predicted octanol–water partition coefficient (Wildman–Crippen LogP) is 4.26. The van der Waals surface area contributed by atoms with Crippen molar-refractivity contribution in [2.45, 2.75) is 62.0 Å². The maximum absolute atomic E-state index is 13.2. The lowest BCUT2D eigenvalue weighted by atomic mass is 10.1. The van der Waals surface area contributed by atoms with Gasteiger partial charge < -0.3 is 10.1 Å². The first-order chi connectivity index (χ1) is 15.4. The average molecular weight is 486 g/mol. The number of sulfone groups is 1. The Kier molecular flexibility index (Phi) is 8.65. The van der Waals surface area contributed by atoms with Crippen molar-refractivity contribution in [3.05, 3.63) is 59.2 Å². The van der Waals surface area contributed by atoms with E-state index in [0.717, 1.165) is 12.0 Å². The fourth-order valence-electron chi connectivity index (χ4n) is 3.27. The topological polar surface area (TPSA) is 89.5 Å². The van der Waals surface area contributed by atoms with Crippen LogP contribution in [-0.4, -0.2) is 39.1 Å². The van der Waals surface area contributed by atoms with Crippen LogP contribution in [0.25, 0.3) is 0 Å². The molecule has 0 bridgehead atoms. The molecule has 180 valence electrons. The van der Waals surface area contributed by atoms with Gasteiger partial charge in [-0.3, -0.25) is 4.79 Å². The third-order valence-corrected chi connectivity index (χ3v) is 6.61. The fraction of sp³-hybridized carbons (Fsp3) is 0.391. The number of alkyl halides is 3. The Bertz CT molecular complexity index is 1100. The molecule has 33 heavy (non-hydrogen) atoms. The summed E-state index contributed by atoms with van der Waals surface area (Å²) < 4.78 is 68.7. The van der Waals surface area contributed by atoms with E-state index in [2.05, 4.69) is 0 Å². The number of carbonyl (C=O) groups is 2. The van der Waals surface area contributed by atoms with Crippen LogP contribution in [0.15, 0.2) is 52.3 Å². The summed E-state index contributed by atoms with van der Waals surface area (Å²) in [7, 11) is -4.07. The molecule has 1 N–H and O–H groups in total. The lowest BCUT2D eigenvalue weighted by Crippen LogP contribution is -2.42. The SMILES string of the molecule is CCCc1ccc(S(=O)(=O)c2ccc(C[C@@H](C)NC(=O)C(F)(F)F)cc2)c(C(=O)OCC)c1. The van der Waals surface area contributed by atoms with Crippen molar-refractivity contribution in [3.63, 3.8) is 0 Å². The Morgan fingerprint density at radius 1 is 1.03 bits per heavy atom. The smallest absolute Gasteiger partial charge is 0.462 e. The van der Waals surface area contributed by atoms with Gasteiger partial charge in [-0.25, -0.2) is 13.2 Å². The number of amides is 1. The van der Waals surface area contributed by atoms with Gasteiger partial charge >= 0.3 is 18.1 Å². The maximum atomic E-state index is 13.2. The first-order valence-electron chi connectivity index (χ1n) is 10.4. The molecule has 0 spiro atoms. The van der Waals surface area contributed by atoms with E-state index in [1.807, 2.05) is 12.2 Å². The summed E-state index contributed by atoms with van der Waals surface area (Å²) in [5, 5.41) is 1.85. The Labute approximate surface area is 191 Å². The molecule has 0 fully saturated rings. The van der Waals surface area contributed by atoms with Crippen molar-refractivity contribution in [1.82, 2.24) is 5.32 Å². The van der Waals surface area contributed by atoms with E-state index in [-0.39, 0.29) is 28.4 Å². The van der Waals surface area contributed by atoms with E-state index in [1.165, 1.54) is 43.3 Å². The molecule has 0 unspecified atom stereocenters. The van der Waals surface area contributed by atoms with Crippen molar-refractivity contribution in [1.29, 1.82) is 0 Å². The number of esters is 1. The number of halogens is 3. The van der Waals surface area contributed by atoms with Gasteiger partial charge in [0.1, 0.15) is 0 Å². The van der Waals surface area contributed by atoms with Crippen molar-refractivity contribution < 1.29 is 35.9 Å². The zero-order chi connectivity index (χ0) is 24.8. The summed E-state index contributed by atoms with van der Waals surface area (Å²) in [6.45, 7) is 5.09. The van der Waals surface area contributed by atoms with Gasteiger partial charge in [0, 0.05) is 6.04 Å². The van der Waals surface area contributed by atoms with Crippen LogP contribution < -0.4 is 5.32 Å². The lowest BCUT2D eigenvalue weighted by Gasteiger charge is -2.16. The van der Waals surface area contributed by atoms with E-state index in [0.29, 0.717) is 12.0 Å². The molecule has 2 aromatic rings. The third-order valence-electron chi connectivity index (χ3n) is 4.78. The minimum absolute atomic E-state index is 0.0460. The van der Waals surface area contributed by atoms with Gasteiger partial charge in [0.25, 0.3) is 0 Å². The van der Waals surface area contributed by atoms with E-state index >= 15 is 0 Å². The summed E-state index contributed by atoms with van der Waals surface area (Å²) in [5.41, 5.74) is 1.30. The molecule has 0 aromatic heterocycles. The van der Waals surface area contributed by atoms with Crippen LogP contribution in [0.3, 0.4) is 0 Å². The van der Waals surface area contributed by atoms with Crippen LogP contribution in [0.2, 0.25) is 0 Å². The van der Waals surface area contributed by atoms with Gasteiger partial charge in [-0.1, -0.05) is 31.5 Å². The van der Waals surface area contributed by atoms with E-state index in [1.54, 1.807) is 13.0 Å². The molecule has 0 saturated heterocycles. The summed E-state index contributed by atoms with van der Waals surface area (Å²) in [6, 6.07) is 9.29. The molecule has 10 heteroatoms. The number of carbonyl (C=O) groups excluding carboxylic acids is 2. The number of aryl methyl sites for hydroxylation is 1. The number of rotatable bonds is 9. The molecule has 0 aliphatic heterocycles. The molecule has 0 saturated carbocycles. The van der Waals surface area contributed by atoms with Crippen LogP contribution in [0, 0.1) is 0 Å². The van der Waals surface area contributed by atoms with Gasteiger partial charge in [-0.2, -0.15) is 13.2 Å². The second-order valence-corrected chi connectivity index (χ2v) is 9.44. The highest BCUT2D eigenvalue weighted by Crippen LogP contribution is 2.27. The molecular formula is C23H26F3NO5S. The molecule has 2 aromatic carbocycles. The standard InChI is InChI=1S/C23H26F3NO5S/c1-4-6-16-9-12-20(19(14-16)21(28)32-5-2)33(30,31)18-10-7-17(8-11-18)13-15(3)27-22(29)23(24,25)26/h7-12,14-15H,4-6,13H2,1-3H3,(H,27,29)/t15-/m1/s1. The summed E-state index contributed by atoms with van der Waals surface area (Å²) >= 11 is 0. The number of benzene rings is 2. The highest BCUT2D eigenvalue weighted by Gasteiger charge is 2.39. The number of hydrogen-bond acceptors (Lipinski definition) is 5. The average Bonchev–Trinajstić information content (AvgIpc) is 2.73. The molecule has 1 amide bonds. The van der Waals surface area contributed by atoms with Gasteiger partial charge in [0.05, 0.1) is 22.0 Å². The minimum Gasteiger partial charge on any atom is -0.462 e. The number of ether oxygens (including phenoxy) is 1. The van der Waals surface area contributed by atoms with Crippen LogP contribution in [0.1, 0.15) is 48.7 Å². The fourth-order valence-corrected chi connectivity index (χ4v) is 4.69. The molecule has 6 nitrogen and oxygen atoms in total. The van der Waals surface area contributed by atoms with Crippen LogP contribution >= 0.6 is 0 Å². The van der Waals surface area contributed by atoms with Crippen LogP contribution in [-0.2, 0) is 32.2 Å². The Morgan fingerprint density at radius 2 is 1.64 bits per heavy atom. The van der Waals surface area contributed by atoms with Gasteiger partial charge in [-0.15, -0.1) is 0 Å². The Balaban J connectivity index is 2.30. The maximum Gasteiger partial charge on any atom is 0.471 e. The third kappa shape index (κ3) is 6.80. The van der Waals surface area contributed by atoms with Crippen LogP contribution in [0.4, 0.5) is 13.2 Å². The second-order valence-electron chi connectivity index (χ2n) is 7.52. The zero-order valence-corrected chi connectivity index (χ0v) is 19.3. The summed E-state index contributed by atoms with van der Waals surface area (Å²) in [4.78, 5) is 23.2. The molecule has 2 rings (SSSR count). The molecule has 0 heterocycles. The number of nitrogens with one attached hydrogen (secondary N) is 1. The normalized spacial score (nSPS) is 12.8. The Morgan fingerprint density at radius 3 is 2.18 bits per heavy atom. The summed E-state index contributed by atoms with van der Waals surface area (Å²) in [6.07, 6.45) is -3.42. The highest BCUT2D eigenvalue weighted by molar-refractivity contribution is 7.91. The molecule has 0 radical (unpaired) electrons. The zero-order valence-electron chi connectivity index (χ0n) is 18.5. The summed E-state index contributed by atoms with van der Waals surface area (Å²) in [5.74, 6) is -2.77. The van der Waals surface area contributed by atoms with Crippen molar-refractivity contribution in [2.24, 2.45) is 0 Å². The molecule has 0 aliphatic rings. The quantitative estimate of drug-likeness (QED) is 0.536. The van der Waals surface area contributed by atoms with Gasteiger partial charge in [0.15, 0.2) is 0 Å². The monoisotopic (exact) mass is 485 g/mol. The van der Waals surface area contributed by atoms with Crippen LogP contribution in [0.5, 0.6) is 0 Å². The minimum atomic E-state index is -4.98. The van der Waals surface area contributed by atoms with Gasteiger partial charge in [-0.05, 0) is 62.1 Å². The van der Waals surface area contributed by atoms with Crippen molar-refractivity contribution in [2.75, 3.05) is 6.61 Å². The number of hydrogen-bond donors (Lipinski definition) is 1. The molecule has 1 atom stereocenters. The first-order valence-corrected chi connectivity index (χ1v) is 11.9. The van der Waals surface area contributed by atoms with E-state index in [9.17, 15) is 31.2 Å². The first kappa shape index (κ1) is 26.4. The highest BCUT2D eigenvalue weighted by atomic mass is 32.2. The second kappa shape index (κ2) is 10.8. The molecule has 0 aliphatic carbocycles. The van der Waals surface area contributed by atoms with Gasteiger partial charge in [0.2, 0.25) is 9.84 Å². The van der Waals surface area contributed by atoms with E-state index in [4.69, 9.17) is 4.74 Å². The molecular weight excluding hydrogens is 459 g/mol. The van der Waals surface area contributed by atoms with Crippen molar-refractivity contribution >= 4 is 21.7 Å². The van der Waals surface area contributed by atoms with E-state index < -0.39 is 33.9 Å². The largest absolute Gasteiger partial charge is 0.471 e.